The van der Waals surface area contributed by atoms with Crippen molar-refractivity contribution in [1.29, 1.82) is 0 Å². The molecule has 19 heavy (non-hydrogen) atoms. The zero-order valence-electron chi connectivity index (χ0n) is 12.1. The fraction of sp³-hybridized carbons (Fsp3) is 0.692. The maximum absolute atomic E-state index is 12.6. The van der Waals surface area contributed by atoms with Crippen LogP contribution in [0.15, 0.2) is 16.3 Å². The van der Waals surface area contributed by atoms with Gasteiger partial charge in [0.15, 0.2) is 0 Å². The Morgan fingerprint density at radius 1 is 1.37 bits per heavy atom. The first kappa shape index (κ1) is 16.6. The molecule has 1 rings (SSSR count). The fourth-order valence-corrected chi connectivity index (χ4v) is 4.81. The maximum atomic E-state index is 12.6. The van der Waals surface area contributed by atoms with Crippen molar-refractivity contribution in [3.05, 3.63) is 16.3 Å². The van der Waals surface area contributed by atoms with Crippen molar-refractivity contribution < 1.29 is 8.42 Å². The van der Waals surface area contributed by atoms with E-state index in [2.05, 4.69) is 5.32 Å². The highest BCUT2D eigenvalue weighted by Gasteiger charge is 2.27. The lowest BCUT2D eigenvalue weighted by atomic mass is 10.4. The van der Waals surface area contributed by atoms with Gasteiger partial charge in [-0.1, -0.05) is 13.8 Å². The third kappa shape index (κ3) is 4.27. The van der Waals surface area contributed by atoms with Crippen LogP contribution in [0, 0.1) is 0 Å². The molecule has 0 radical (unpaired) electrons. The zero-order valence-corrected chi connectivity index (χ0v) is 13.8. The number of thiophene rings is 1. The molecule has 0 saturated carbocycles. The molecule has 1 heterocycles. The average Bonchev–Trinajstić information content (AvgIpc) is 2.82. The van der Waals surface area contributed by atoms with Crippen molar-refractivity contribution in [3.63, 3.8) is 0 Å². The van der Waals surface area contributed by atoms with Gasteiger partial charge in [0.05, 0.1) is 4.90 Å². The van der Waals surface area contributed by atoms with Crippen LogP contribution in [0.2, 0.25) is 0 Å². The van der Waals surface area contributed by atoms with Crippen molar-refractivity contribution in [2.75, 3.05) is 13.1 Å². The first-order chi connectivity index (χ1) is 8.93. The Morgan fingerprint density at radius 3 is 2.58 bits per heavy atom. The molecule has 0 aromatic carbocycles. The molecule has 110 valence electrons. The van der Waals surface area contributed by atoms with E-state index in [-0.39, 0.29) is 6.04 Å². The van der Waals surface area contributed by atoms with Gasteiger partial charge in [-0.25, -0.2) is 8.42 Å². The second-order valence-electron chi connectivity index (χ2n) is 4.74. The predicted molar refractivity (Wildman–Crippen MR) is 81.0 cm³/mol. The number of rotatable bonds is 8. The van der Waals surface area contributed by atoms with Crippen molar-refractivity contribution in [3.8, 4) is 0 Å². The third-order valence-corrected chi connectivity index (χ3v) is 5.94. The summed E-state index contributed by atoms with van der Waals surface area (Å²) in [7, 11) is -3.35. The van der Waals surface area contributed by atoms with E-state index in [4.69, 9.17) is 0 Å². The molecular weight excluding hydrogens is 280 g/mol. The minimum atomic E-state index is -3.35. The molecule has 0 aliphatic rings. The molecule has 6 heteroatoms. The number of sulfonamides is 1. The van der Waals surface area contributed by atoms with Crippen LogP contribution in [0.3, 0.4) is 0 Å². The van der Waals surface area contributed by atoms with E-state index in [0.717, 1.165) is 24.4 Å². The monoisotopic (exact) mass is 304 g/mol. The summed E-state index contributed by atoms with van der Waals surface area (Å²) in [6.07, 6.45) is 0.825. The molecule has 1 N–H and O–H groups in total. The fourth-order valence-electron chi connectivity index (χ4n) is 1.85. The lowest BCUT2D eigenvalue weighted by molar-refractivity contribution is 0.354. The van der Waals surface area contributed by atoms with Crippen molar-refractivity contribution >= 4 is 21.4 Å². The van der Waals surface area contributed by atoms with Crippen LogP contribution in [0.4, 0.5) is 0 Å². The summed E-state index contributed by atoms with van der Waals surface area (Å²) in [5, 5.41) is 4.95. The minimum absolute atomic E-state index is 0.0120. The summed E-state index contributed by atoms with van der Waals surface area (Å²) >= 11 is 1.50. The molecule has 0 bridgehead atoms. The van der Waals surface area contributed by atoms with Gasteiger partial charge in [-0.15, -0.1) is 11.3 Å². The van der Waals surface area contributed by atoms with E-state index < -0.39 is 10.0 Å². The summed E-state index contributed by atoms with van der Waals surface area (Å²) in [6.45, 7) is 10.0. The topological polar surface area (TPSA) is 49.4 Å². The summed E-state index contributed by atoms with van der Waals surface area (Å²) in [5.41, 5.74) is 0. The van der Waals surface area contributed by atoms with Crippen LogP contribution in [-0.2, 0) is 16.6 Å². The van der Waals surface area contributed by atoms with E-state index in [0.29, 0.717) is 11.4 Å². The van der Waals surface area contributed by atoms with Crippen LogP contribution in [0.5, 0.6) is 0 Å². The van der Waals surface area contributed by atoms with Gasteiger partial charge in [0.2, 0.25) is 10.0 Å². The molecular formula is C13H24N2O2S2. The van der Waals surface area contributed by atoms with E-state index in [1.165, 1.54) is 11.3 Å². The highest BCUT2D eigenvalue weighted by molar-refractivity contribution is 7.89. The van der Waals surface area contributed by atoms with Gasteiger partial charge < -0.3 is 5.32 Å². The van der Waals surface area contributed by atoms with Gasteiger partial charge in [-0.05, 0) is 32.9 Å². The van der Waals surface area contributed by atoms with Crippen LogP contribution in [-0.4, -0.2) is 31.9 Å². The van der Waals surface area contributed by atoms with Crippen LogP contribution < -0.4 is 5.32 Å². The Hall–Kier alpha value is -0.430. The smallest absolute Gasteiger partial charge is 0.244 e. The van der Waals surface area contributed by atoms with Crippen molar-refractivity contribution in [1.82, 2.24) is 9.62 Å². The largest absolute Gasteiger partial charge is 0.312 e. The lowest BCUT2D eigenvalue weighted by Gasteiger charge is -2.24. The molecule has 0 atom stereocenters. The maximum Gasteiger partial charge on any atom is 0.244 e. The molecule has 0 aliphatic carbocycles. The Labute approximate surface area is 120 Å². The third-order valence-electron chi connectivity index (χ3n) is 2.81. The van der Waals surface area contributed by atoms with Crippen LogP contribution in [0.1, 0.15) is 39.0 Å². The number of hydrogen-bond acceptors (Lipinski definition) is 4. The number of nitrogens with zero attached hydrogens (tertiary/aromatic N) is 1. The SMILES string of the molecule is CCCN(C(C)C)S(=O)(=O)c1csc(CNCC)c1. The average molecular weight is 304 g/mol. The Morgan fingerprint density at radius 2 is 2.05 bits per heavy atom. The number of nitrogens with one attached hydrogen (secondary N) is 1. The highest BCUT2D eigenvalue weighted by atomic mass is 32.2. The van der Waals surface area contributed by atoms with Gasteiger partial charge in [-0.2, -0.15) is 4.31 Å². The predicted octanol–water partition coefficient (Wildman–Crippen LogP) is 2.67. The summed E-state index contributed by atoms with van der Waals surface area (Å²) < 4.78 is 26.7. The summed E-state index contributed by atoms with van der Waals surface area (Å²) in [5.74, 6) is 0. The normalized spacial score (nSPS) is 12.5. The van der Waals surface area contributed by atoms with Gasteiger partial charge in [0.25, 0.3) is 0 Å². The van der Waals surface area contributed by atoms with Crippen LogP contribution >= 0.6 is 11.3 Å². The first-order valence-electron chi connectivity index (χ1n) is 6.73. The Bertz CT molecular complexity index is 481. The Kier molecular flexibility index (Phi) is 6.46. The summed E-state index contributed by atoms with van der Waals surface area (Å²) in [6, 6.07) is 1.77. The molecule has 0 unspecified atom stereocenters. The molecule has 0 amide bonds. The standard InChI is InChI=1S/C13H24N2O2S2/c1-5-7-15(11(3)4)19(16,17)13-8-12(18-10-13)9-14-6-2/h8,10-11,14H,5-7,9H2,1-4H3. The molecule has 0 aliphatic heterocycles. The van der Waals surface area contributed by atoms with Crippen molar-refractivity contribution in [2.24, 2.45) is 0 Å². The second-order valence-corrected chi connectivity index (χ2v) is 7.62. The van der Waals surface area contributed by atoms with Gasteiger partial charge in [0.1, 0.15) is 0 Å². The molecule has 1 aromatic rings. The zero-order chi connectivity index (χ0) is 14.5. The van der Waals surface area contributed by atoms with E-state index in [1.807, 2.05) is 27.7 Å². The Balaban J connectivity index is 2.95. The van der Waals surface area contributed by atoms with Gasteiger partial charge in [-0.3, -0.25) is 0 Å². The van der Waals surface area contributed by atoms with E-state index >= 15 is 0 Å². The quantitative estimate of drug-likeness (QED) is 0.803. The molecule has 0 spiro atoms. The van der Waals surface area contributed by atoms with Crippen molar-refractivity contribution in [2.45, 2.75) is 51.6 Å². The first-order valence-corrected chi connectivity index (χ1v) is 9.05. The summed E-state index contributed by atoms with van der Waals surface area (Å²) in [4.78, 5) is 1.48. The van der Waals surface area contributed by atoms with E-state index in [9.17, 15) is 8.42 Å². The second kappa shape index (κ2) is 7.38. The number of hydrogen-bond donors (Lipinski definition) is 1. The van der Waals surface area contributed by atoms with Gasteiger partial charge >= 0.3 is 0 Å². The molecule has 0 saturated heterocycles. The van der Waals surface area contributed by atoms with Gasteiger partial charge in [0, 0.05) is 29.4 Å². The van der Waals surface area contributed by atoms with E-state index in [1.54, 1.807) is 15.8 Å². The van der Waals surface area contributed by atoms with Crippen LogP contribution in [0.25, 0.3) is 0 Å². The molecule has 1 aromatic heterocycles. The molecule has 4 nitrogen and oxygen atoms in total. The highest BCUT2D eigenvalue weighted by Crippen LogP contribution is 2.24. The minimum Gasteiger partial charge on any atom is -0.312 e. The molecule has 0 fully saturated rings. The lowest BCUT2D eigenvalue weighted by Crippen LogP contribution is -2.37.